The summed E-state index contributed by atoms with van der Waals surface area (Å²) in [7, 11) is 0. The van der Waals surface area contributed by atoms with Crippen molar-refractivity contribution in [3.63, 3.8) is 0 Å². The molecule has 0 heterocycles. The highest BCUT2D eigenvalue weighted by Crippen LogP contribution is 2.12. The van der Waals surface area contributed by atoms with Crippen LogP contribution in [0, 0.1) is 17.6 Å². The Labute approximate surface area is 104 Å². The van der Waals surface area contributed by atoms with Gasteiger partial charge < -0.3 is 5.32 Å². The summed E-state index contributed by atoms with van der Waals surface area (Å²) in [4.78, 5) is 11.6. The second-order valence-electron chi connectivity index (χ2n) is 4.07. The Morgan fingerprint density at radius 1 is 1.41 bits per heavy atom. The Bertz CT molecular complexity index is 409. The van der Waals surface area contributed by atoms with E-state index < -0.39 is 17.5 Å². The molecule has 0 aliphatic heterocycles. The third-order valence-electron chi connectivity index (χ3n) is 2.38. The molecule has 0 saturated heterocycles. The number of halogens is 3. The summed E-state index contributed by atoms with van der Waals surface area (Å²) in [5, 5.41) is 2.23. The molecule has 0 bridgehead atoms. The van der Waals surface area contributed by atoms with Crippen molar-refractivity contribution in [2.45, 2.75) is 19.2 Å². The van der Waals surface area contributed by atoms with E-state index in [2.05, 4.69) is 5.32 Å². The van der Waals surface area contributed by atoms with Gasteiger partial charge in [0.25, 0.3) is 5.91 Å². The fourth-order valence-electron chi connectivity index (χ4n) is 1.20. The van der Waals surface area contributed by atoms with Crippen LogP contribution in [-0.4, -0.2) is 17.8 Å². The minimum Gasteiger partial charge on any atom is -0.350 e. The second-order valence-corrected chi connectivity index (χ2v) is 4.63. The minimum absolute atomic E-state index is 0.189. The normalized spacial score (nSPS) is 12.6. The summed E-state index contributed by atoms with van der Waals surface area (Å²) in [5.41, 5.74) is -0.308. The number of alkyl halides is 1. The van der Waals surface area contributed by atoms with Gasteiger partial charge in [0.1, 0.15) is 0 Å². The van der Waals surface area contributed by atoms with E-state index in [1.54, 1.807) is 0 Å². The van der Waals surface area contributed by atoms with Gasteiger partial charge >= 0.3 is 0 Å². The standard InChI is InChI=1S/C12H14ClF2NO/c1-7(2)9(13)6-16-12(17)8-4-3-5-10(14)11(8)15/h3-5,7,9H,6H2,1-2H3,(H,16,17). The molecular weight excluding hydrogens is 248 g/mol. The molecule has 94 valence electrons. The number of benzene rings is 1. The monoisotopic (exact) mass is 261 g/mol. The first kappa shape index (κ1) is 13.9. The number of hydrogen-bond acceptors (Lipinski definition) is 1. The van der Waals surface area contributed by atoms with E-state index in [1.165, 1.54) is 12.1 Å². The number of nitrogens with one attached hydrogen (secondary N) is 1. The molecule has 0 radical (unpaired) electrons. The highest BCUT2D eigenvalue weighted by atomic mass is 35.5. The van der Waals surface area contributed by atoms with Gasteiger partial charge in [0.2, 0.25) is 0 Å². The van der Waals surface area contributed by atoms with Crippen molar-refractivity contribution in [2.75, 3.05) is 6.54 Å². The van der Waals surface area contributed by atoms with Gasteiger partial charge in [-0.15, -0.1) is 11.6 Å². The fraction of sp³-hybridized carbons (Fsp3) is 0.417. The van der Waals surface area contributed by atoms with E-state index in [0.717, 1.165) is 6.07 Å². The van der Waals surface area contributed by atoms with Crippen molar-refractivity contribution < 1.29 is 13.6 Å². The van der Waals surface area contributed by atoms with Gasteiger partial charge in [-0.05, 0) is 18.1 Å². The van der Waals surface area contributed by atoms with E-state index >= 15 is 0 Å². The largest absolute Gasteiger partial charge is 0.350 e. The Morgan fingerprint density at radius 2 is 2.06 bits per heavy atom. The van der Waals surface area contributed by atoms with Gasteiger partial charge in [-0.1, -0.05) is 19.9 Å². The van der Waals surface area contributed by atoms with Gasteiger partial charge in [0, 0.05) is 6.54 Å². The summed E-state index contributed by atoms with van der Waals surface area (Å²) in [6.07, 6.45) is 0. The Morgan fingerprint density at radius 3 is 2.65 bits per heavy atom. The van der Waals surface area contributed by atoms with Crippen molar-refractivity contribution in [1.82, 2.24) is 5.32 Å². The van der Waals surface area contributed by atoms with Crippen LogP contribution in [0.5, 0.6) is 0 Å². The molecule has 1 atom stereocenters. The van der Waals surface area contributed by atoms with E-state index in [0.29, 0.717) is 0 Å². The van der Waals surface area contributed by atoms with E-state index in [4.69, 9.17) is 11.6 Å². The lowest BCUT2D eigenvalue weighted by atomic mass is 10.1. The zero-order valence-corrected chi connectivity index (χ0v) is 10.4. The van der Waals surface area contributed by atoms with Crippen LogP contribution < -0.4 is 5.32 Å². The maximum absolute atomic E-state index is 13.3. The smallest absolute Gasteiger partial charge is 0.254 e. The number of rotatable bonds is 4. The third kappa shape index (κ3) is 3.66. The number of hydrogen-bond donors (Lipinski definition) is 1. The first-order chi connectivity index (χ1) is 7.93. The molecule has 1 rings (SSSR count). The lowest BCUT2D eigenvalue weighted by Crippen LogP contribution is -2.32. The van der Waals surface area contributed by atoms with Gasteiger partial charge in [0.15, 0.2) is 11.6 Å². The average molecular weight is 262 g/mol. The predicted molar refractivity (Wildman–Crippen MR) is 63.2 cm³/mol. The van der Waals surface area contributed by atoms with Crippen molar-refractivity contribution in [3.8, 4) is 0 Å². The van der Waals surface area contributed by atoms with Gasteiger partial charge in [-0.25, -0.2) is 8.78 Å². The summed E-state index contributed by atoms with van der Waals surface area (Å²) >= 11 is 5.94. The van der Waals surface area contributed by atoms with Crippen LogP contribution in [0.25, 0.3) is 0 Å². The summed E-state index contributed by atoms with van der Waals surface area (Å²) in [6.45, 7) is 4.03. The van der Waals surface area contributed by atoms with Crippen molar-refractivity contribution in [2.24, 2.45) is 5.92 Å². The molecule has 1 aromatic rings. The maximum Gasteiger partial charge on any atom is 0.254 e. The number of carbonyl (C=O) groups is 1. The predicted octanol–water partition coefficient (Wildman–Crippen LogP) is 2.96. The van der Waals surface area contributed by atoms with Crippen LogP contribution in [0.3, 0.4) is 0 Å². The zero-order valence-electron chi connectivity index (χ0n) is 9.64. The summed E-state index contributed by atoms with van der Waals surface area (Å²) in [5.74, 6) is -2.65. The van der Waals surface area contributed by atoms with E-state index in [1.807, 2.05) is 13.8 Å². The number of amides is 1. The molecule has 0 aliphatic rings. The highest BCUT2D eigenvalue weighted by Gasteiger charge is 2.16. The third-order valence-corrected chi connectivity index (χ3v) is 3.04. The van der Waals surface area contributed by atoms with Crippen LogP contribution in [0.15, 0.2) is 18.2 Å². The Kier molecular flexibility index (Phi) is 4.87. The molecule has 0 fully saturated rings. The van der Waals surface area contributed by atoms with Gasteiger partial charge in [0.05, 0.1) is 10.9 Å². The SMILES string of the molecule is CC(C)C(Cl)CNC(=O)c1cccc(F)c1F. The van der Waals surface area contributed by atoms with Crippen LogP contribution >= 0.6 is 11.6 Å². The highest BCUT2D eigenvalue weighted by molar-refractivity contribution is 6.21. The van der Waals surface area contributed by atoms with E-state index in [-0.39, 0.29) is 23.4 Å². The lowest BCUT2D eigenvalue weighted by Gasteiger charge is -2.14. The first-order valence-corrected chi connectivity index (χ1v) is 5.73. The fourth-order valence-corrected chi connectivity index (χ4v) is 1.28. The quantitative estimate of drug-likeness (QED) is 0.830. The van der Waals surface area contributed by atoms with Crippen LogP contribution in [0.4, 0.5) is 8.78 Å². The molecule has 1 amide bonds. The molecule has 5 heteroatoms. The van der Waals surface area contributed by atoms with Crippen molar-refractivity contribution >= 4 is 17.5 Å². The number of carbonyl (C=O) groups excluding carboxylic acids is 1. The molecule has 0 aromatic heterocycles. The zero-order chi connectivity index (χ0) is 13.0. The molecule has 0 saturated carbocycles. The molecular formula is C12H14ClF2NO. The van der Waals surface area contributed by atoms with Gasteiger partial charge in [-0.3, -0.25) is 4.79 Å². The van der Waals surface area contributed by atoms with Gasteiger partial charge in [-0.2, -0.15) is 0 Å². The Hall–Kier alpha value is -1.16. The van der Waals surface area contributed by atoms with E-state index in [9.17, 15) is 13.6 Å². The molecule has 17 heavy (non-hydrogen) atoms. The van der Waals surface area contributed by atoms with Crippen LogP contribution in [-0.2, 0) is 0 Å². The first-order valence-electron chi connectivity index (χ1n) is 5.29. The maximum atomic E-state index is 13.3. The van der Waals surface area contributed by atoms with Crippen molar-refractivity contribution in [3.05, 3.63) is 35.4 Å². The molecule has 1 N–H and O–H groups in total. The summed E-state index contributed by atoms with van der Waals surface area (Å²) < 4.78 is 26.2. The van der Waals surface area contributed by atoms with Crippen LogP contribution in [0.1, 0.15) is 24.2 Å². The second kappa shape index (κ2) is 5.96. The molecule has 1 aromatic carbocycles. The van der Waals surface area contributed by atoms with Crippen LogP contribution in [0.2, 0.25) is 0 Å². The summed E-state index contributed by atoms with van der Waals surface area (Å²) in [6, 6.07) is 3.48. The molecule has 0 aliphatic carbocycles. The molecule has 1 unspecified atom stereocenters. The average Bonchev–Trinajstić information content (AvgIpc) is 2.29. The molecule has 2 nitrogen and oxygen atoms in total. The lowest BCUT2D eigenvalue weighted by molar-refractivity contribution is 0.0947. The van der Waals surface area contributed by atoms with Crippen molar-refractivity contribution in [1.29, 1.82) is 0 Å². The minimum atomic E-state index is -1.14. The Balaban J connectivity index is 2.68. The topological polar surface area (TPSA) is 29.1 Å². The molecule has 0 spiro atoms.